The van der Waals surface area contributed by atoms with E-state index in [0.29, 0.717) is 11.7 Å². The average molecular weight is 315 g/mol. The molecule has 5 heteroatoms. The lowest BCUT2D eigenvalue weighted by atomic mass is 10.2. The van der Waals surface area contributed by atoms with Gasteiger partial charge in [0.15, 0.2) is 0 Å². The number of hydrogen-bond donors (Lipinski definition) is 1. The second kappa shape index (κ2) is 5.10. The molecule has 0 fully saturated rings. The van der Waals surface area contributed by atoms with Gasteiger partial charge in [0.05, 0.1) is 12.7 Å². The highest BCUT2D eigenvalue weighted by Crippen LogP contribution is 2.26. The molecule has 2 rings (SSSR count). The standard InChI is InChI=1S/C12H13BrClN3/c1-8-4-3-5-9(12(8)13)15-7-11-16-6-10(14)17(11)2/h3-6,15H,7H2,1-2H3. The molecular formula is C12H13BrClN3. The van der Waals surface area contributed by atoms with Crippen molar-refractivity contribution in [2.24, 2.45) is 7.05 Å². The minimum absolute atomic E-state index is 0.644. The van der Waals surface area contributed by atoms with Gasteiger partial charge in [-0.3, -0.25) is 0 Å². The molecular weight excluding hydrogens is 302 g/mol. The average Bonchev–Trinajstić information content (AvgIpc) is 2.62. The Balaban J connectivity index is 2.13. The van der Waals surface area contributed by atoms with E-state index in [2.05, 4.69) is 39.2 Å². The fraction of sp³-hybridized carbons (Fsp3) is 0.250. The quantitative estimate of drug-likeness (QED) is 0.935. The molecule has 0 saturated carbocycles. The molecule has 3 nitrogen and oxygen atoms in total. The Bertz CT molecular complexity index is 537. The SMILES string of the molecule is Cc1cccc(NCc2ncc(Cl)n2C)c1Br. The summed E-state index contributed by atoms with van der Waals surface area (Å²) in [5, 5.41) is 3.98. The summed E-state index contributed by atoms with van der Waals surface area (Å²) in [6.45, 7) is 2.71. The van der Waals surface area contributed by atoms with Crippen LogP contribution in [0.4, 0.5) is 5.69 Å². The Hall–Kier alpha value is -1.00. The molecule has 0 spiro atoms. The van der Waals surface area contributed by atoms with Gasteiger partial charge in [-0.1, -0.05) is 23.7 Å². The molecule has 0 unspecified atom stereocenters. The summed E-state index contributed by atoms with van der Waals surface area (Å²) < 4.78 is 2.94. The van der Waals surface area contributed by atoms with Crippen LogP contribution in [-0.2, 0) is 13.6 Å². The highest BCUT2D eigenvalue weighted by atomic mass is 79.9. The largest absolute Gasteiger partial charge is 0.377 e. The zero-order valence-electron chi connectivity index (χ0n) is 9.67. The Morgan fingerprint density at radius 3 is 2.88 bits per heavy atom. The number of nitrogens with one attached hydrogen (secondary N) is 1. The first-order chi connectivity index (χ1) is 8.09. The van der Waals surface area contributed by atoms with Crippen molar-refractivity contribution >= 4 is 33.2 Å². The molecule has 0 aliphatic heterocycles. The molecule has 0 aliphatic carbocycles. The fourth-order valence-corrected chi connectivity index (χ4v) is 2.10. The summed E-state index contributed by atoms with van der Waals surface area (Å²) in [5.41, 5.74) is 2.26. The van der Waals surface area contributed by atoms with Crippen LogP contribution in [-0.4, -0.2) is 9.55 Å². The normalized spacial score (nSPS) is 10.6. The lowest BCUT2D eigenvalue weighted by Gasteiger charge is -2.10. The zero-order valence-corrected chi connectivity index (χ0v) is 12.0. The van der Waals surface area contributed by atoms with E-state index < -0.39 is 0 Å². The highest BCUT2D eigenvalue weighted by molar-refractivity contribution is 9.10. The van der Waals surface area contributed by atoms with Crippen molar-refractivity contribution in [1.29, 1.82) is 0 Å². The van der Waals surface area contributed by atoms with E-state index in [0.717, 1.165) is 16.0 Å². The van der Waals surface area contributed by atoms with Crippen LogP contribution in [0.15, 0.2) is 28.9 Å². The van der Waals surface area contributed by atoms with Crippen LogP contribution in [0.25, 0.3) is 0 Å². The van der Waals surface area contributed by atoms with Gasteiger partial charge in [0.25, 0.3) is 0 Å². The second-order valence-corrected chi connectivity index (χ2v) is 5.03. The summed E-state index contributed by atoms with van der Waals surface area (Å²) in [6, 6.07) is 6.11. The summed E-state index contributed by atoms with van der Waals surface area (Å²) in [6.07, 6.45) is 1.66. The lowest BCUT2D eigenvalue weighted by Crippen LogP contribution is -2.06. The summed E-state index contributed by atoms with van der Waals surface area (Å²) in [4.78, 5) is 4.24. The van der Waals surface area contributed by atoms with Gasteiger partial charge in [-0.15, -0.1) is 0 Å². The summed E-state index contributed by atoms with van der Waals surface area (Å²) in [7, 11) is 1.90. The maximum absolute atomic E-state index is 5.93. The van der Waals surface area contributed by atoms with Gasteiger partial charge in [-0.2, -0.15) is 0 Å². The first-order valence-electron chi connectivity index (χ1n) is 5.24. The molecule has 0 saturated heterocycles. The van der Waals surface area contributed by atoms with Crippen LogP contribution in [0.5, 0.6) is 0 Å². The maximum Gasteiger partial charge on any atom is 0.128 e. The number of aryl methyl sites for hydroxylation is 1. The lowest BCUT2D eigenvalue weighted by molar-refractivity contribution is 0.813. The number of nitrogens with zero attached hydrogens (tertiary/aromatic N) is 2. The van der Waals surface area contributed by atoms with Gasteiger partial charge >= 0.3 is 0 Å². The molecule has 0 amide bonds. The van der Waals surface area contributed by atoms with Gasteiger partial charge in [0, 0.05) is 17.2 Å². The van der Waals surface area contributed by atoms with Crippen molar-refractivity contribution in [2.75, 3.05) is 5.32 Å². The first-order valence-corrected chi connectivity index (χ1v) is 6.41. The number of aromatic nitrogens is 2. The van der Waals surface area contributed by atoms with Gasteiger partial charge in [0.2, 0.25) is 0 Å². The molecule has 1 aromatic carbocycles. The molecule has 90 valence electrons. The maximum atomic E-state index is 5.93. The van der Waals surface area contributed by atoms with Crippen molar-refractivity contribution in [3.63, 3.8) is 0 Å². The smallest absolute Gasteiger partial charge is 0.128 e. The van der Waals surface area contributed by atoms with Crippen LogP contribution >= 0.6 is 27.5 Å². The van der Waals surface area contributed by atoms with Crippen molar-refractivity contribution in [1.82, 2.24) is 9.55 Å². The van der Waals surface area contributed by atoms with Gasteiger partial charge in [-0.25, -0.2) is 4.98 Å². The van der Waals surface area contributed by atoms with Gasteiger partial charge < -0.3 is 9.88 Å². The van der Waals surface area contributed by atoms with Crippen molar-refractivity contribution in [3.05, 3.63) is 45.4 Å². The summed E-state index contributed by atoms with van der Waals surface area (Å²) >= 11 is 9.49. The molecule has 1 heterocycles. The Morgan fingerprint density at radius 1 is 1.47 bits per heavy atom. The predicted octanol–water partition coefficient (Wildman–Crippen LogP) is 3.76. The molecule has 1 aromatic heterocycles. The van der Waals surface area contributed by atoms with Crippen LogP contribution in [0.2, 0.25) is 5.15 Å². The van der Waals surface area contributed by atoms with E-state index in [9.17, 15) is 0 Å². The summed E-state index contributed by atoms with van der Waals surface area (Å²) in [5.74, 6) is 0.906. The Morgan fingerprint density at radius 2 is 2.24 bits per heavy atom. The second-order valence-electron chi connectivity index (χ2n) is 3.85. The highest BCUT2D eigenvalue weighted by Gasteiger charge is 2.06. The van der Waals surface area contributed by atoms with Crippen molar-refractivity contribution in [2.45, 2.75) is 13.5 Å². The minimum Gasteiger partial charge on any atom is -0.377 e. The Labute approximate surface area is 114 Å². The van der Waals surface area contributed by atoms with E-state index in [1.165, 1.54) is 5.56 Å². The topological polar surface area (TPSA) is 29.9 Å². The van der Waals surface area contributed by atoms with Gasteiger partial charge in [0.1, 0.15) is 11.0 Å². The molecule has 0 radical (unpaired) electrons. The molecule has 17 heavy (non-hydrogen) atoms. The van der Waals surface area contributed by atoms with E-state index in [-0.39, 0.29) is 0 Å². The number of rotatable bonds is 3. The van der Waals surface area contributed by atoms with E-state index in [4.69, 9.17) is 11.6 Å². The molecule has 0 bridgehead atoms. The van der Waals surface area contributed by atoms with Gasteiger partial charge in [-0.05, 0) is 34.5 Å². The predicted molar refractivity (Wildman–Crippen MR) is 74.4 cm³/mol. The fourth-order valence-electron chi connectivity index (χ4n) is 1.55. The number of hydrogen-bond acceptors (Lipinski definition) is 2. The third-order valence-corrected chi connectivity index (χ3v) is 4.06. The van der Waals surface area contributed by atoms with Crippen LogP contribution in [0, 0.1) is 6.92 Å². The third-order valence-electron chi connectivity index (χ3n) is 2.66. The molecule has 1 N–H and O–H groups in total. The first kappa shape index (κ1) is 12.5. The Kier molecular flexibility index (Phi) is 3.74. The van der Waals surface area contributed by atoms with Crippen LogP contribution < -0.4 is 5.32 Å². The minimum atomic E-state index is 0.644. The number of anilines is 1. The molecule has 0 aliphatic rings. The van der Waals surface area contributed by atoms with Crippen molar-refractivity contribution in [3.8, 4) is 0 Å². The number of benzene rings is 1. The molecule has 2 aromatic rings. The molecule has 0 atom stereocenters. The van der Waals surface area contributed by atoms with E-state index in [1.807, 2.05) is 23.7 Å². The number of halogens is 2. The number of imidazole rings is 1. The van der Waals surface area contributed by atoms with E-state index >= 15 is 0 Å². The van der Waals surface area contributed by atoms with Crippen LogP contribution in [0.1, 0.15) is 11.4 Å². The monoisotopic (exact) mass is 313 g/mol. The van der Waals surface area contributed by atoms with Crippen LogP contribution in [0.3, 0.4) is 0 Å². The third kappa shape index (κ3) is 2.64. The zero-order chi connectivity index (χ0) is 12.4. The van der Waals surface area contributed by atoms with Crippen molar-refractivity contribution < 1.29 is 0 Å². The van der Waals surface area contributed by atoms with E-state index in [1.54, 1.807) is 6.20 Å².